The van der Waals surface area contributed by atoms with Gasteiger partial charge in [0.05, 0.1) is 110 Å². The molecule has 4 heterocycles. The van der Waals surface area contributed by atoms with Gasteiger partial charge in [-0.3, -0.25) is 19.2 Å². The molecule has 0 saturated carbocycles. The number of ether oxygens (including phenoxy) is 4. The number of benzene rings is 4. The Bertz CT molecular complexity index is 2910. The van der Waals surface area contributed by atoms with Gasteiger partial charge in [-0.05, 0) is 131 Å². The van der Waals surface area contributed by atoms with Crippen molar-refractivity contribution in [2.75, 3.05) is 33.4 Å². The summed E-state index contributed by atoms with van der Waals surface area (Å²) >= 11 is 2.15. The van der Waals surface area contributed by atoms with Crippen LogP contribution in [0, 0.1) is 0 Å². The molecule has 18 heteroatoms. The quantitative estimate of drug-likeness (QED) is 0.0314. The third-order valence-corrected chi connectivity index (χ3v) is 12.2. The summed E-state index contributed by atoms with van der Waals surface area (Å²) in [6, 6.07) is 46.6. The van der Waals surface area contributed by atoms with Crippen molar-refractivity contribution < 1.29 is 69.1 Å². The molecule has 388 valence electrons. The summed E-state index contributed by atoms with van der Waals surface area (Å²) in [5.74, 6) is -1.31. The van der Waals surface area contributed by atoms with Crippen LogP contribution in [0.1, 0.15) is 74.7 Å². The summed E-state index contributed by atoms with van der Waals surface area (Å²) in [6.07, 6.45) is 2.69. The van der Waals surface area contributed by atoms with Gasteiger partial charge in [0.1, 0.15) is 10.8 Å². The fourth-order valence-corrected chi connectivity index (χ4v) is 8.23. The van der Waals surface area contributed by atoms with Gasteiger partial charge in [-0.25, -0.2) is 18.7 Å². The number of aromatic nitrogens is 8. The summed E-state index contributed by atoms with van der Waals surface area (Å²) in [6.45, 7) is 7.34. The van der Waals surface area contributed by atoms with Gasteiger partial charge in [-0.1, -0.05) is 95.4 Å². The van der Waals surface area contributed by atoms with Crippen LogP contribution in [0.4, 0.5) is 0 Å². The summed E-state index contributed by atoms with van der Waals surface area (Å²) in [5, 5.41) is 19.2. The number of halogens is 1. The van der Waals surface area contributed by atoms with Gasteiger partial charge < -0.3 is 20.4 Å². The maximum atomic E-state index is 12.6. The molecule has 0 saturated heterocycles. The van der Waals surface area contributed by atoms with Crippen molar-refractivity contribution in [3.05, 3.63) is 191 Å². The average Bonchev–Trinajstić information content (AvgIpc) is 4.26. The third-order valence-electron chi connectivity index (χ3n) is 12.2. The van der Waals surface area contributed by atoms with E-state index in [0.29, 0.717) is 25.7 Å². The number of rotatable bonds is 18. The Morgan fingerprint density at radius 3 is 0.947 bits per heavy atom. The van der Waals surface area contributed by atoms with Crippen molar-refractivity contribution in [3.63, 3.8) is 0 Å². The van der Waals surface area contributed by atoms with Crippen molar-refractivity contribution in [1.82, 2.24) is 39.1 Å². The molecular weight excluding hydrogens is 1070 g/mol. The first kappa shape index (κ1) is 59.2. The van der Waals surface area contributed by atoms with Crippen molar-refractivity contribution in [1.29, 1.82) is 0 Å². The Morgan fingerprint density at radius 2 is 0.680 bits per heavy atom. The second kappa shape index (κ2) is 27.7. The smallest absolute Gasteiger partial charge is 1.00 e. The van der Waals surface area contributed by atoms with E-state index in [2.05, 4.69) is 22.6 Å². The minimum absolute atomic E-state index is 0. The maximum absolute atomic E-state index is 12.6. The van der Waals surface area contributed by atoms with Crippen LogP contribution >= 0.6 is 22.6 Å². The topological polar surface area (TPSA) is 176 Å². The van der Waals surface area contributed by atoms with E-state index in [1.807, 2.05) is 178 Å². The first-order valence-corrected chi connectivity index (χ1v) is 26.1. The summed E-state index contributed by atoms with van der Waals surface area (Å²) < 4.78 is 27.0. The Labute approximate surface area is 475 Å². The van der Waals surface area contributed by atoms with Crippen LogP contribution in [0.25, 0.3) is 22.7 Å². The van der Waals surface area contributed by atoms with Gasteiger partial charge in [0.15, 0.2) is 0 Å². The molecule has 4 aromatic carbocycles. The molecule has 0 bridgehead atoms. The van der Waals surface area contributed by atoms with Crippen LogP contribution in [0.2, 0.25) is 0 Å². The van der Waals surface area contributed by atoms with Crippen molar-refractivity contribution in [2.45, 2.75) is 77.0 Å². The van der Waals surface area contributed by atoms with E-state index in [-0.39, 0.29) is 67.7 Å². The minimum Gasteiger partial charge on any atom is -1.00 e. The second-order valence-corrected chi connectivity index (χ2v) is 18.0. The van der Waals surface area contributed by atoms with Gasteiger partial charge in [-0.2, -0.15) is 20.4 Å². The number of carbonyl (C=O) groups excluding carboxylic acids is 4. The monoisotopic (exact) mass is 1140 g/mol. The largest absolute Gasteiger partial charge is 1.00 e. The van der Waals surface area contributed by atoms with Gasteiger partial charge in [0.25, 0.3) is 0 Å². The number of esters is 4. The van der Waals surface area contributed by atoms with Gasteiger partial charge in [0.2, 0.25) is 0 Å². The molecule has 0 fully saturated rings. The van der Waals surface area contributed by atoms with Crippen LogP contribution in [-0.4, -0.2) is 96.4 Å². The minimum atomic E-state index is -0.900. The number of para-hydroxylation sites is 4. The number of carbonyl (C=O) groups is 4. The maximum Gasteiger partial charge on any atom is 1.00 e. The molecule has 0 radical (unpaired) electrons. The van der Waals surface area contributed by atoms with Gasteiger partial charge in [0, 0.05) is 0 Å². The van der Waals surface area contributed by atoms with Crippen LogP contribution in [0.15, 0.2) is 146 Å². The molecule has 75 heavy (non-hydrogen) atoms. The first-order valence-electron chi connectivity index (χ1n) is 23.9. The zero-order valence-electron chi connectivity index (χ0n) is 45.3. The van der Waals surface area contributed by atoms with E-state index < -0.39 is 10.8 Å². The van der Waals surface area contributed by atoms with E-state index >= 15 is 0 Å². The molecule has 4 aromatic heterocycles. The molecule has 0 aliphatic heterocycles. The fourth-order valence-electron chi connectivity index (χ4n) is 8.23. The zero-order chi connectivity index (χ0) is 53.4. The Kier molecular flexibility index (Phi) is 21.9. The van der Waals surface area contributed by atoms with Crippen LogP contribution in [-0.2, 0) is 87.5 Å². The molecule has 0 unspecified atom stereocenters. The van der Waals surface area contributed by atoms with Crippen molar-refractivity contribution in [3.8, 4) is 22.7 Å². The molecule has 8 rings (SSSR count). The predicted octanol–water partition coefficient (Wildman–Crippen LogP) is 6.19. The first-order chi connectivity index (χ1) is 35.7. The summed E-state index contributed by atoms with van der Waals surface area (Å²) in [4.78, 5) is 51.1. The SMILES string of the molecule is CI.COC(=O)C(C)(C)c1cc(CCc2cc(C(C)(C)C(=O)OC)n(-c3ccccc3)n2)nn1-c1ccccc1.COC(=O)Cc1cc(CCc2cc(CC(=O)OC)n(-c3ccccc3)n2)nn1-c1ccccc1.[H-].[Na+]. The average molecular weight is 1140 g/mol. The molecule has 16 nitrogen and oxygen atoms in total. The van der Waals surface area contributed by atoms with Crippen molar-refractivity contribution >= 4 is 46.5 Å². The van der Waals surface area contributed by atoms with Crippen molar-refractivity contribution in [2.24, 2.45) is 0 Å². The molecule has 0 amide bonds. The van der Waals surface area contributed by atoms with Gasteiger partial charge in [-0.15, -0.1) is 0 Å². The van der Waals surface area contributed by atoms with E-state index in [0.717, 1.165) is 68.3 Å². The molecule has 0 atom stereocenters. The summed E-state index contributed by atoms with van der Waals surface area (Å²) in [5.41, 5.74) is 8.01. The second-order valence-electron chi connectivity index (χ2n) is 18.0. The molecule has 0 N–H and O–H groups in total. The number of methoxy groups -OCH3 is 4. The number of nitrogens with zero attached hydrogens (tertiary/aromatic N) is 8. The number of hydrogen-bond donors (Lipinski definition) is 0. The zero-order valence-corrected chi connectivity index (χ0v) is 48.5. The van der Waals surface area contributed by atoms with Gasteiger partial charge >= 0.3 is 53.4 Å². The normalized spacial score (nSPS) is 11.0. The molecule has 0 aliphatic carbocycles. The number of aryl methyl sites for hydroxylation is 4. The fraction of sp³-hybridized carbons (Fsp3) is 0.298. The van der Waals surface area contributed by atoms with E-state index in [4.69, 9.17) is 39.3 Å². The molecular formula is C57H64IN8NaO8. The van der Waals surface area contributed by atoms with E-state index in [1.54, 1.807) is 18.7 Å². The van der Waals surface area contributed by atoms with E-state index in [1.165, 1.54) is 28.4 Å². The van der Waals surface area contributed by atoms with Crippen LogP contribution in [0.3, 0.4) is 0 Å². The predicted molar refractivity (Wildman–Crippen MR) is 292 cm³/mol. The standard InChI is InChI=1S/C30H34N4O4.C26H26N4O4.CH3I.Na.H/c1-29(2,27(35)37-5)25-19-21(31-33(25)23-13-9-7-10-14-23)17-18-22-20-26(30(3,4)28(36)38-6)34(32-22)24-15-11-8-12-16-24;1-33-25(31)17-23-15-19(27-29(23)21-9-5-3-6-10-21)13-14-20-16-24(18-26(32)34-2)30(28-20)22-11-7-4-8-12-22;1-2;;/h7-16,19-20H,17-18H2,1-6H3;3-12,15-16H,13-14,17-18H2,1-2H3;1H3;;/q;;;+1;-1. The van der Waals surface area contributed by atoms with Crippen LogP contribution in [0.5, 0.6) is 0 Å². The van der Waals surface area contributed by atoms with Crippen LogP contribution < -0.4 is 29.6 Å². The molecule has 0 aliphatic rings. The molecule has 0 spiro atoms. The molecule has 8 aromatic rings. The Balaban J connectivity index is 0.000000312. The Morgan fingerprint density at radius 1 is 0.427 bits per heavy atom. The van der Waals surface area contributed by atoms with E-state index in [9.17, 15) is 19.2 Å². The third kappa shape index (κ3) is 14.8. The Hall–Kier alpha value is -6.67. The number of alkyl halides is 1. The number of hydrogen-bond acceptors (Lipinski definition) is 12. The summed E-state index contributed by atoms with van der Waals surface area (Å²) in [7, 11) is 5.54.